The van der Waals surface area contributed by atoms with Crippen LogP contribution in [-0.4, -0.2) is 23.7 Å². The third-order valence-corrected chi connectivity index (χ3v) is 3.90. The van der Waals surface area contributed by atoms with E-state index in [-0.39, 0.29) is 11.6 Å². The van der Waals surface area contributed by atoms with Crippen LogP contribution in [0.2, 0.25) is 0 Å². The monoisotopic (exact) mass is 385 g/mol. The van der Waals surface area contributed by atoms with E-state index in [4.69, 9.17) is 0 Å². The van der Waals surface area contributed by atoms with Gasteiger partial charge in [-0.1, -0.05) is 51.2 Å². The molecule has 0 bridgehead atoms. The number of nitrogens with one attached hydrogen (secondary N) is 2. The van der Waals surface area contributed by atoms with E-state index in [9.17, 15) is 22.8 Å². The lowest BCUT2D eigenvalue weighted by molar-refractivity contribution is -0.167. The van der Waals surface area contributed by atoms with Crippen LogP contribution in [-0.2, 0) is 9.59 Å². The molecule has 27 heavy (non-hydrogen) atoms. The van der Waals surface area contributed by atoms with Crippen molar-refractivity contribution in [2.24, 2.45) is 5.10 Å². The van der Waals surface area contributed by atoms with Gasteiger partial charge in [-0.25, -0.2) is 5.43 Å². The standard InChI is InChI=1S/C19H26F3N3O2/c1-3-4-5-6-7-8-12-17(26)25-24-14(2)15-10-9-11-16(13-15)23-18(27)19(20,21)22/h9-11,13H,3-8,12H2,1-2H3,(H,23,27)(H,25,26)/b24-14-. The molecule has 0 saturated carbocycles. The van der Waals surface area contributed by atoms with Gasteiger partial charge < -0.3 is 5.32 Å². The van der Waals surface area contributed by atoms with Gasteiger partial charge in [-0.05, 0) is 31.0 Å². The highest BCUT2D eigenvalue weighted by Gasteiger charge is 2.38. The van der Waals surface area contributed by atoms with Crippen molar-refractivity contribution in [3.05, 3.63) is 29.8 Å². The number of rotatable bonds is 10. The Morgan fingerprint density at radius 1 is 1.07 bits per heavy atom. The van der Waals surface area contributed by atoms with Gasteiger partial charge in [0, 0.05) is 12.1 Å². The Hall–Kier alpha value is -2.38. The summed E-state index contributed by atoms with van der Waals surface area (Å²) in [6.07, 6.45) is 1.89. The number of alkyl halides is 3. The third kappa shape index (κ3) is 9.21. The van der Waals surface area contributed by atoms with E-state index in [0.29, 0.717) is 17.7 Å². The fourth-order valence-electron chi connectivity index (χ4n) is 2.36. The summed E-state index contributed by atoms with van der Waals surface area (Å²) >= 11 is 0. The molecule has 1 aromatic rings. The first-order chi connectivity index (χ1) is 12.7. The van der Waals surface area contributed by atoms with Gasteiger partial charge in [-0.3, -0.25) is 9.59 Å². The molecule has 0 aliphatic rings. The molecule has 1 aromatic carbocycles. The molecule has 0 unspecified atom stereocenters. The van der Waals surface area contributed by atoms with Crippen molar-refractivity contribution in [1.82, 2.24) is 5.43 Å². The van der Waals surface area contributed by atoms with Gasteiger partial charge in [0.25, 0.3) is 0 Å². The zero-order valence-corrected chi connectivity index (χ0v) is 15.7. The number of hydrogen-bond acceptors (Lipinski definition) is 3. The lowest BCUT2D eigenvalue weighted by Gasteiger charge is -2.09. The number of carbonyl (C=O) groups is 2. The molecule has 1 rings (SSSR count). The van der Waals surface area contributed by atoms with Crippen LogP contribution in [0.3, 0.4) is 0 Å². The van der Waals surface area contributed by atoms with Crippen molar-refractivity contribution >= 4 is 23.2 Å². The molecule has 0 radical (unpaired) electrons. The van der Waals surface area contributed by atoms with Gasteiger partial charge in [-0.2, -0.15) is 18.3 Å². The molecule has 0 saturated heterocycles. The van der Waals surface area contributed by atoms with Crippen molar-refractivity contribution in [1.29, 1.82) is 0 Å². The fraction of sp³-hybridized carbons (Fsp3) is 0.526. The molecule has 0 aliphatic carbocycles. The van der Waals surface area contributed by atoms with E-state index < -0.39 is 12.1 Å². The van der Waals surface area contributed by atoms with Crippen molar-refractivity contribution in [2.75, 3.05) is 5.32 Å². The Morgan fingerprint density at radius 3 is 2.41 bits per heavy atom. The highest BCUT2D eigenvalue weighted by atomic mass is 19.4. The first-order valence-electron chi connectivity index (χ1n) is 9.05. The molecule has 8 heteroatoms. The number of halogens is 3. The number of hydrogen-bond donors (Lipinski definition) is 2. The highest BCUT2D eigenvalue weighted by Crippen LogP contribution is 2.19. The van der Waals surface area contributed by atoms with Crippen molar-refractivity contribution in [3.63, 3.8) is 0 Å². The first kappa shape index (κ1) is 22.7. The SMILES string of the molecule is CCCCCCCCC(=O)N/N=C(/C)c1cccc(NC(=O)C(F)(F)F)c1. The lowest BCUT2D eigenvalue weighted by atomic mass is 10.1. The van der Waals surface area contributed by atoms with E-state index in [1.54, 1.807) is 18.3 Å². The number of nitrogens with zero attached hydrogens (tertiary/aromatic N) is 1. The minimum Gasteiger partial charge on any atom is -0.318 e. The maximum Gasteiger partial charge on any atom is 0.471 e. The summed E-state index contributed by atoms with van der Waals surface area (Å²) in [7, 11) is 0. The van der Waals surface area contributed by atoms with Crippen molar-refractivity contribution in [2.45, 2.75) is 65.0 Å². The first-order valence-corrected chi connectivity index (χ1v) is 9.05. The summed E-state index contributed by atoms with van der Waals surface area (Å²) in [4.78, 5) is 22.8. The number of unbranched alkanes of at least 4 members (excludes halogenated alkanes) is 5. The van der Waals surface area contributed by atoms with Gasteiger partial charge in [0.2, 0.25) is 5.91 Å². The summed E-state index contributed by atoms with van der Waals surface area (Å²) in [5.41, 5.74) is 3.37. The van der Waals surface area contributed by atoms with E-state index in [0.717, 1.165) is 19.3 Å². The maximum absolute atomic E-state index is 12.3. The molecule has 0 heterocycles. The molecule has 0 aromatic heterocycles. The average Bonchev–Trinajstić information content (AvgIpc) is 2.62. The average molecular weight is 385 g/mol. The normalized spacial score (nSPS) is 12.0. The number of anilines is 1. The zero-order valence-electron chi connectivity index (χ0n) is 15.7. The molecule has 0 aliphatic heterocycles. The smallest absolute Gasteiger partial charge is 0.318 e. The molecule has 5 nitrogen and oxygen atoms in total. The van der Waals surface area contributed by atoms with E-state index in [1.165, 1.54) is 37.5 Å². The van der Waals surface area contributed by atoms with Crippen LogP contribution in [0.25, 0.3) is 0 Å². The largest absolute Gasteiger partial charge is 0.471 e. The predicted octanol–water partition coefficient (Wildman–Crippen LogP) is 4.78. The van der Waals surface area contributed by atoms with Gasteiger partial charge in [0.05, 0.1) is 5.71 Å². The Balaban J connectivity index is 2.51. The molecular formula is C19H26F3N3O2. The number of amides is 2. The second-order valence-corrected chi connectivity index (χ2v) is 6.28. The van der Waals surface area contributed by atoms with Gasteiger partial charge in [0.15, 0.2) is 0 Å². The minimum atomic E-state index is -4.95. The van der Waals surface area contributed by atoms with Crippen molar-refractivity contribution in [3.8, 4) is 0 Å². The molecule has 0 atom stereocenters. The number of hydrazone groups is 1. The Morgan fingerprint density at radius 2 is 1.74 bits per heavy atom. The fourth-order valence-corrected chi connectivity index (χ4v) is 2.36. The predicted molar refractivity (Wildman–Crippen MR) is 99.5 cm³/mol. The Labute approximate surface area is 157 Å². The van der Waals surface area contributed by atoms with Crippen LogP contribution in [0, 0.1) is 0 Å². The second kappa shape index (κ2) is 11.4. The second-order valence-electron chi connectivity index (χ2n) is 6.28. The van der Waals surface area contributed by atoms with E-state index >= 15 is 0 Å². The molecular weight excluding hydrogens is 359 g/mol. The molecule has 0 spiro atoms. The van der Waals surface area contributed by atoms with Crippen LogP contribution < -0.4 is 10.7 Å². The molecule has 2 amide bonds. The zero-order chi connectivity index (χ0) is 20.3. The van der Waals surface area contributed by atoms with Gasteiger partial charge in [0.1, 0.15) is 0 Å². The van der Waals surface area contributed by atoms with Crippen LogP contribution in [0.4, 0.5) is 18.9 Å². The summed E-state index contributed by atoms with van der Waals surface area (Å²) in [5, 5.41) is 5.76. The topological polar surface area (TPSA) is 70.6 Å². The molecule has 150 valence electrons. The molecule has 0 fully saturated rings. The Bertz CT molecular complexity index is 658. The quantitative estimate of drug-likeness (QED) is 0.346. The molecule has 2 N–H and O–H groups in total. The van der Waals surface area contributed by atoms with E-state index in [2.05, 4.69) is 17.5 Å². The Kier molecular flexibility index (Phi) is 9.53. The minimum absolute atomic E-state index is 0.00257. The maximum atomic E-state index is 12.3. The lowest BCUT2D eigenvalue weighted by Crippen LogP contribution is -2.29. The van der Waals surface area contributed by atoms with Crippen LogP contribution in [0.5, 0.6) is 0 Å². The number of benzene rings is 1. The third-order valence-electron chi connectivity index (χ3n) is 3.90. The van der Waals surface area contributed by atoms with Crippen molar-refractivity contribution < 1.29 is 22.8 Å². The highest BCUT2D eigenvalue weighted by molar-refractivity contribution is 6.01. The summed E-state index contributed by atoms with van der Waals surface area (Å²) in [5.74, 6) is -2.24. The van der Waals surface area contributed by atoms with Gasteiger partial charge in [-0.15, -0.1) is 0 Å². The van der Waals surface area contributed by atoms with Crippen LogP contribution in [0.15, 0.2) is 29.4 Å². The van der Waals surface area contributed by atoms with E-state index in [1.807, 2.05) is 0 Å². The van der Waals surface area contributed by atoms with Crippen LogP contribution in [0.1, 0.15) is 64.4 Å². The summed E-state index contributed by atoms with van der Waals surface area (Å²) in [6.45, 7) is 3.77. The number of carbonyl (C=O) groups excluding carboxylic acids is 2. The summed E-state index contributed by atoms with van der Waals surface area (Å²) < 4.78 is 36.9. The van der Waals surface area contributed by atoms with Crippen LogP contribution >= 0.6 is 0 Å². The summed E-state index contributed by atoms with van der Waals surface area (Å²) in [6, 6.07) is 5.83. The van der Waals surface area contributed by atoms with Gasteiger partial charge >= 0.3 is 12.1 Å².